The fraction of sp³-hybridized carbons (Fsp3) is 0.370. The number of aryl methyl sites for hydroxylation is 2. The summed E-state index contributed by atoms with van der Waals surface area (Å²) in [6.07, 6.45) is 0.759. The van der Waals surface area contributed by atoms with Gasteiger partial charge in [0.05, 0.1) is 11.0 Å². The van der Waals surface area contributed by atoms with Gasteiger partial charge in [-0.25, -0.2) is 9.59 Å². The summed E-state index contributed by atoms with van der Waals surface area (Å²) < 4.78 is 2.80. The number of hydrogen-bond acceptors (Lipinski definition) is 5. The highest BCUT2D eigenvalue weighted by Gasteiger charge is 2.54. The van der Waals surface area contributed by atoms with E-state index in [-0.39, 0.29) is 24.9 Å². The summed E-state index contributed by atoms with van der Waals surface area (Å²) in [7, 11) is 4.87. The summed E-state index contributed by atoms with van der Waals surface area (Å²) in [6, 6.07) is 8.77. The Hall–Kier alpha value is -4.41. The number of imidazole rings is 1. The van der Waals surface area contributed by atoms with Gasteiger partial charge in [-0.1, -0.05) is 12.1 Å². The molecule has 2 N–H and O–H groups in total. The van der Waals surface area contributed by atoms with Gasteiger partial charge >= 0.3 is 11.7 Å². The zero-order valence-electron chi connectivity index (χ0n) is 22.0. The van der Waals surface area contributed by atoms with Crippen molar-refractivity contribution in [3.05, 3.63) is 63.1 Å². The van der Waals surface area contributed by atoms with E-state index in [2.05, 4.69) is 10.6 Å². The number of amides is 5. The Balaban J connectivity index is 1.41. The Bertz CT molecular complexity index is 1600. The van der Waals surface area contributed by atoms with Gasteiger partial charge in [-0.05, 0) is 54.3 Å². The molecule has 5 amide bonds. The minimum atomic E-state index is -0.948. The van der Waals surface area contributed by atoms with Crippen LogP contribution in [0.3, 0.4) is 0 Å². The topological polar surface area (TPSA) is 126 Å². The SMILES string of the molecule is Cc1cc(C)c2c(c1)n(CC(=O)Nc1ccc3c(c1)C[C@]1(C3)C(=O)NC(=O)N1C)c(=O)n2CC(=O)N(C)C. The maximum Gasteiger partial charge on any atom is 0.330 e. The second-order valence-corrected chi connectivity index (χ2v) is 10.4. The van der Waals surface area contributed by atoms with Crippen LogP contribution in [0.25, 0.3) is 11.0 Å². The largest absolute Gasteiger partial charge is 0.347 e. The van der Waals surface area contributed by atoms with Crippen LogP contribution < -0.4 is 16.3 Å². The van der Waals surface area contributed by atoms with Gasteiger partial charge in [0.15, 0.2) is 0 Å². The van der Waals surface area contributed by atoms with Crippen LogP contribution in [-0.4, -0.2) is 69.4 Å². The number of benzene rings is 2. The molecule has 11 nitrogen and oxygen atoms in total. The van der Waals surface area contributed by atoms with Gasteiger partial charge in [0.1, 0.15) is 18.6 Å². The molecule has 1 spiro atoms. The van der Waals surface area contributed by atoms with E-state index in [1.54, 1.807) is 27.2 Å². The monoisotopic (exact) mass is 518 g/mol. The fourth-order valence-electron chi connectivity index (χ4n) is 5.53. The maximum absolute atomic E-state index is 13.4. The summed E-state index contributed by atoms with van der Waals surface area (Å²) in [5, 5.41) is 5.23. The van der Waals surface area contributed by atoms with Gasteiger partial charge in [0.2, 0.25) is 11.8 Å². The molecule has 2 heterocycles. The van der Waals surface area contributed by atoms with Crippen LogP contribution in [0.5, 0.6) is 0 Å². The van der Waals surface area contributed by atoms with Crippen LogP contribution in [0.15, 0.2) is 35.1 Å². The van der Waals surface area contributed by atoms with Crippen LogP contribution >= 0.6 is 0 Å². The first kappa shape index (κ1) is 25.2. The van der Waals surface area contributed by atoms with E-state index in [4.69, 9.17) is 0 Å². The standard InChI is InChI=1S/C27H30N6O5/c1-15-8-16(2)23-20(9-15)32(26(38)33(23)14-22(35)30(3)4)13-21(34)28-19-7-6-17-11-27(12-18(17)10-19)24(36)29-25(37)31(27)5/h6-10H,11-14H2,1-5H3,(H,28,34)(H,29,36,37)/t27-/m1/s1. The normalized spacial score (nSPS) is 18.3. The highest BCUT2D eigenvalue weighted by Crippen LogP contribution is 2.38. The molecule has 11 heteroatoms. The number of aromatic nitrogens is 2. The summed E-state index contributed by atoms with van der Waals surface area (Å²) in [5.74, 6) is -0.946. The van der Waals surface area contributed by atoms with E-state index in [0.717, 1.165) is 22.3 Å². The molecule has 3 aromatic rings. The van der Waals surface area contributed by atoms with Crippen LogP contribution in [0.4, 0.5) is 10.5 Å². The molecule has 0 radical (unpaired) electrons. The number of imide groups is 1. The first-order chi connectivity index (χ1) is 17.9. The van der Waals surface area contributed by atoms with E-state index >= 15 is 0 Å². The van der Waals surface area contributed by atoms with Crippen molar-refractivity contribution in [3.8, 4) is 0 Å². The van der Waals surface area contributed by atoms with Crippen LogP contribution in [-0.2, 0) is 40.3 Å². The van der Waals surface area contributed by atoms with E-state index in [0.29, 0.717) is 29.6 Å². The Morgan fingerprint density at radius 2 is 1.71 bits per heavy atom. The third-order valence-corrected chi connectivity index (χ3v) is 7.59. The molecule has 1 atom stereocenters. The average Bonchev–Trinajstić information content (AvgIpc) is 3.41. The molecule has 198 valence electrons. The van der Waals surface area contributed by atoms with E-state index < -0.39 is 23.2 Å². The molecule has 0 saturated carbocycles. The molecule has 0 unspecified atom stereocenters. The molecule has 0 bridgehead atoms. The quantitative estimate of drug-likeness (QED) is 0.491. The van der Waals surface area contributed by atoms with Gasteiger partial charge < -0.3 is 15.1 Å². The van der Waals surface area contributed by atoms with Gasteiger partial charge in [0.25, 0.3) is 5.91 Å². The first-order valence-corrected chi connectivity index (χ1v) is 12.3. The second kappa shape index (κ2) is 8.86. The van der Waals surface area contributed by atoms with Crippen molar-refractivity contribution in [2.24, 2.45) is 0 Å². The van der Waals surface area contributed by atoms with Crippen LogP contribution in [0, 0.1) is 13.8 Å². The smallest absolute Gasteiger partial charge is 0.330 e. The minimum Gasteiger partial charge on any atom is -0.347 e. The number of anilines is 1. The van der Waals surface area contributed by atoms with Gasteiger partial charge in [-0.3, -0.25) is 28.8 Å². The number of fused-ring (bicyclic) bond motifs is 2. The molecule has 1 aliphatic carbocycles. The van der Waals surface area contributed by atoms with E-state index in [1.165, 1.54) is 18.9 Å². The Morgan fingerprint density at radius 3 is 2.37 bits per heavy atom. The van der Waals surface area contributed by atoms with Crippen LogP contribution in [0.2, 0.25) is 0 Å². The molecular formula is C27H30N6O5. The number of nitrogens with one attached hydrogen (secondary N) is 2. The Morgan fingerprint density at radius 1 is 1.00 bits per heavy atom. The van der Waals surface area contributed by atoms with E-state index in [1.807, 2.05) is 38.1 Å². The number of urea groups is 1. The lowest BCUT2D eigenvalue weighted by molar-refractivity contribution is -0.129. The number of hydrogen-bond donors (Lipinski definition) is 2. The Labute approximate surface area is 219 Å². The lowest BCUT2D eigenvalue weighted by Gasteiger charge is -2.27. The molecular weight excluding hydrogens is 488 g/mol. The van der Waals surface area contributed by atoms with Crippen molar-refractivity contribution >= 4 is 40.5 Å². The third-order valence-electron chi connectivity index (χ3n) is 7.59. The zero-order valence-corrected chi connectivity index (χ0v) is 22.0. The highest BCUT2D eigenvalue weighted by molar-refractivity contribution is 6.07. The molecule has 1 fully saturated rings. The highest BCUT2D eigenvalue weighted by atomic mass is 16.2. The molecule has 2 aromatic carbocycles. The maximum atomic E-state index is 13.4. The predicted molar refractivity (Wildman–Crippen MR) is 141 cm³/mol. The Kier molecular flexibility index (Phi) is 5.89. The van der Waals surface area contributed by atoms with E-state index in [9.17, 15) is 24.0 Å². The summed E-state index contributed by atoms with van der Waals surface area (Å²) >= 11 is 0. The van der Waals surface area contributed by atoms with Crippen molar-refractivity contribution in [1.82, 2.24) is 24.3 Å². The number of carbonyl (C=O) groups excluding carboxylic acids is 4. The molecule has 1 saturated heterocycles. The number of likely N-dealkylation sites (N-methyl/N-ethyl adjacent to an activating group) is 2. The average molecular weight is 519 g/mol. The van der Waals surface area contributed by atoms with Gasteiger partial charge in [0, 0.05) is 39.7 Å². The molecule has 5 rings (SSSR count). The number of rotatable bonds is 5. The van der Waals surface area contributed by atoms with Gasteiger partial charge in [-0.15, -0.1) is 0 Å². The molecule has 38 heavy (non-hydrogen) atoms. The predicted octanol–water partition coefficient (Wildman–Crippen LogP) is 1.17. The fourth-order valence-corrected chi connectivity index (χ4v) is 5.53. The summed E-state index contributed by atoms with van der Waals surface area (Å²) in [4.78, 5) is 66.4. The van der Waals surface area contributed by atoms with Crippen LogP contribution in [0.1, 0.15) is 22.3 Å². The molecule has 1 aromatic heterocycles. The second-order valence-electron chi connectivity index (χ2n) is 10.4. The van der Waals surface area contributed by atoms with Crippen molar-refractivity contribution in [2.75, 3.05) is 26.5 Å². The number of carbonyl (C=O) groups is 4. The van der Waals surface area contributed by atoms with Crippen molar-refractivity contribution in [2.45, 2.75) is 45.3 Å². The van der Waals surface area contributed by atoms with Crippen molar-refractivity contribution in [3.63, 3.8) is 0 Å². The van der Waals surface area contributed by atoms with Crippen molar-refractivity contribution < 1.29 is 19.2 Å². The third kappa shape index (κ3) is 3.94. The minimum absolute atomic E-state index is 0.127. The van der Waals surface area contributed by atoms with Crippen molar-refractivity contribution in [1.29, 1.82) is 0 Å². The summed E-state index contributed by atoms with van der Waals surface area (Å²) in [6.45, 7) is 3.43. The molecule has 1 aliphatic heterocycles. The lowest BCUT2D eigenvalue weighted by Crippen LogP contribution is -2.48. The van der Waals surface area contributed by atoms with Gasteiger partial charge in [-0.2, -0.15) is 0 Å². The lowest BCUT2D eigenvalue weighted by atomic mass is 9.95. The zero-order chi connectivity index (χ0) is 27.5. The molecule has 2 aliphatic rings. The first-order valence-electron chi connectivity index (χ1n) is 12.3. The summed E-state index contributed by atoms with van der Waals surface area (Å²) in [5.41, 5.74) is 3.96. The number of nitrogens with zero attached hydrogens (tertiary/aromatic N) is 4.